The zero-order valence-corrected chi connectivity index (χ0v) is 11.7. The van der Waals surface area contributed by atoms with E-state index in [0.29, 0.717) is 11.0 Å². The molecular weight excluding hydrogens is 232 g/mol. The summed E-state index contributed by atoms with van der Waals surface area (Å²) in [4.78, 5) is 12.4. The lowest BCUT2D eigenvalue weighted by molar-refractivity contribution is -0.124. The van der Waals surface area contributed by atoms with Crippen molar-refractivity contribution < 1.29 is 4.79 Å². The molecule has 0 aromatic heterocycles. The van der Waals surface area contributed by atoms with Crippen LogP contribution in [0, 0.1) is 11.8 Å². The van der Waals surface area contributed by atoms with Crippen LogP contribution in [-0.4, -0.2) is 16.9 Å². The van der Waals surface area contributed by atoms with Crippen LogP contribution in [0.5, 0.6) is 0 Å². The van der Waals surface area contributed by atoms with Crippen molar-refractivity contribution in [3.63, 3.8) is 0 Å². The van der Waals surface area contributed by atoms with Gasteiger partial charge in [0, 0.05) is 6.04 Å². The highest BCUT2D eigenvalue weighted by molar-refractivity contribution is 7.80. The molecule has 0 aliphatic heterocycles. The van der Waals surface area contributed by atoms with E-state index in [1.165, 1.54) is 25.7 Å². The molecule has 1 unspecified atom stereocenters. The highest BCUT2D eigenvalue weighted by atomic mass is 32.1. The molecule has 3 nitrogen and oxygen atoms in total. The fourth-order valence-corrected chi connectivity index (χ4v) is 2.85. The van der Waals surface area contributed by atoms with E-state index >= 15 is 0 Å². The summed E-state index contributed by atoms with van der Waals surface area (Å²) in [5.74, 6) is -0.147. The molecule has 1 amide bonds. The summed E-state index contributed by atoms with van der Waals surface area (Å²) in [6, 6.07) is 0.320. The first-order chi connectivity index (χ1) is 8.02. The van der Waals surface area contributed by atoms with E-state index in [-0.39, 0.29) is 17.7 Å². The number of carbonyl (C=O) groups excluding carboxylic acids is 1. The summed E-state index contributed by atoms with van der Waals surface area (Å²) in [7, 11) is 0. The van der Waals surface area contributed by atoms with Crippen molar-refractivity contribution in [2.24, 2.45) is 17.6 Å². The van der Waals surface area contributed by atoms with Gasteiger partial charge in [0.1, 0.15) is 0 Å². The van der Waals surface area contributed by atoms with Gasteiger partial charge in [-0.15, -0.1) is 0 Å². The smallest absolute Gasteiger partial charge is 0.230 e. The molecule has 0 aromatic carbocycles. The number of hydrogen-bond acceptors (Lipinski definition) is 2. The van der Waals surface area contributed by atoms with E-state index < -0.39 is 0 Å². The van der Waals surface area contributed by atoms with Crippen molar-refractivity contribution in [2.75, 3.05) is 0 Å². The number of hydrogen-bond donors (Lipinski definition) is 2. The van der Waals surface area contributed by atoms with Crippen molar-refractivity contribution in [3.8, 4) is 0 Å². The van der Waals surface area contributed by atoms with Gasteiger partial charge in [-0.25, -0.2) is 0 Å². The van der Waals surface area contributed by atoms with Gasteiger partial charge in [-0.05, 0) is 18.8 Å². The first-order valence-corrected chi connectivity index (χ1v) is 7.03. The van der Waals surface area contributed by atoms with Gasteiger partial charge in [0.05, 0.1) is 10.9 Å². The second-order valence-corrected chi connectivity index (χ2v) is 5.79. The quantitative estimate of drug-likeness (QED) is 0.600. The Morgan fingerprint density at radius 1 is 1.24 bits per heavy atom. The standard InChI is InChI=1S/C13H24N2OS/c1-9(2)11(12(14)17)13(16)15-10-7-5-3-4-6-8-10/h9-11H,3-8H2,1-2H3,(H2,14,17)(H,15,16). The van der Waals surface area contributed by atoms with Crippen molar-refractivity contribution in [1.29, 1.82) is 0 Å². The minimum Gasteiger partial charge on any atom is -0.393 e. The third-order valence-corrected chi connectivity index (χ3v) is 3.71. The Hall–Kier alpha value is -0.640. The van der Waals surface area contributed by atoms with Crippen molar-refractivity contribution in [3.05, 3.63) is 0 Å². The van der Waals surface area contributed by atoms with Crippen LogP contribution in [0.2, 0.25) is 0 Å². The second kappa shape index (κ2) is 6.94. The summed E-state index contributed by atoms with van der Waals surface area (Å²) < 4.78 is 0. The Labute approximate surface area is 110 Å². The van der Waals surface area contributed by atoms with Gasteiger partial charge in [-0.3, -0.25) is 4.79 Å². The molecule has 1 aliphatic rings. The van der Waals surface area contributed by atoms with Gasteiger partial charge in [0.25, 0.3) is 0 Å². The van der Waals surface area contributed by atoms with Gasteiger partial charge >= 0.3 is 0 Å². The number of rotatable bonds is 4. The SMILES string of the molecule is CC(C)C(C(=O)NC1CCCCCC1)C(N)=S. The topological polar surface area (TPSA) is 55.1 Å². The average Bonchev–Trinajstić information content (AvgIpc) is 2.44. The predicted octanol–water partition coefficient (Wildman–Crippen LogP) is 2.38. The van der Waals surface area contributed by atoms with E-state index in [4.69, 9.17) is 18.0 Å². The van der Waals surface area contributed by atoms with Crippen LogP contribution in [0.3, 0.4) is 0 Å². The molecule has 0 spiro atoms. The third kappa shape index (κ3) is 4.62. The third-order valence-electron chi connectivity index (χ3n) is 3.46. The molecule has 0 saturated heterocycles. The van der Waals surface area contributed by atoms with E-state index in [0.717, 1.165) is 12.8 Å². The molecule has 0 aromatic rings. The highest BCUT2D eigenvalue weighted by Gasteiger charge is 2.26. The first kappa shape index (κ1) is 14.4. The first-order valence-electron chi connectivity index (χ1n) is 6.62. The van der Waals surface area contributed by atoms with Gasteiger partial charge < -0.3 is 11.1 Å². The van der Waals surface area contributed by atoms with Gasteiger partial charge in [0.15, 0.2) is 0 Å². The van der Waals surface area contributed by atoms with E-state index in [1.807, 2.05) is 13.8 Å². The van der Waals surface area contributed by atoms with Crippen LogP contribution in [0.4, 0.5) is 0 Å². The molecule has 4 heteroatoms. The largest absolute Gasteiger partial charge is 0.393 e. The Kier molecular flexibility index (Phi) is 5.89. The van der Waals surface area contributed by atoms with Crippen molar-refractivity contribution >= 4 is 23.1 Å². The van der Waals surface area contributed by atoms with E-state index in [2.05, 4.69) is 5.32 Å². The maximum absolute atomic E-state index is 12.1. The molecule has 3 N–H and O–H groups in total. The van der Waals surface area contributed by atoms with E-state index in [1.54, 1.807) is 0 Å². The Morgan fingerprint density at radius 3 is 2.18 bits per heavy atom. The van der Waals surface area contributed by atoms with Crippen LogP contribution in [0.1, 0.15) is 52.4 Å². The summed E-state index contributed by atoms with van der Waals surface area (Å²) in [6.45, 7) is 3.97. The molecule has 1 aliphatic carbocycles. The number of amides is 1. The molecule has 1 rings (SSSR count). The normalized spacial score (nSPS) is 19.7. The maximum atomic E-state index is 12.1. The fraction of sp³-hybridized carbons (Fsp3) is 0.846. The zero-order valence-electron chi connectivity index (χ0n) is 10.9. The Balaban J connectivity index is 2.53. The predicted molar refractivity (Wildman–Crippen MR) is 74.7 cm³/mol. The molecule has 98 valence electrons. The van der Waals surface area contributed by atoms with Crippen LogP contribution >= 0.6 is 12.2 Å². The van der Waals surface area contributed by atoms with Crippen LogP contribution < -0.4 is 11.1 Å². The molecule has 0 radical (unpaired) electrons. The monoisotopic (exact) mass is 256 g/mol. The lowest BCUT2D eigenvalue weighted by atomic mass is 9.94. The summed E-state index contributed by atoms with van der Waals surface area (Å²) in [5, 5.41) is 3.12. The number of carbonyl (C=O) groups is 1. The Morgan fingerprint density at radius 2 is 1.76 bits per heavy atom. The number of nitrogens with two attached hydrogens (primary N) is 1. The molecule has 0 heterocycles. The zero-order chi connectivity index (χ0) is 12.8. The van der Waals surface area contributed by atoms with E-state index in [9.17, 15) is 4.79 Å². The maximum Gasteiger partial charge on any atom is 0.230 e. The lowest BCUT2D eigenvalue weighted by Crippen LogP contribution is -2.44. The highest BCUT2D eigenvalue weighted by Crippen LogP contribution is 2.19. The molecule has 17 heavy (non-hydrogen) atoms. The second-order valence-electron chi connectivity index (χ2n) is 5.32. The minimum atomic E-state index is -0.326. The molecule has 0 bridgehead atoms. The minimum absolute atomic E-state index is 0.0133. The number of nitrogens with one attached hydrogen (secondary N) is 1. The molecular formula is C13H24N2OS. The Bertz CT molecular complexity index is 271. The lowest BCUT2D eigenvalue weighted by Gasteiger charge is -2.23. The van der Waals surface area contributed by atoms with Crippen LogP contribution in [0.15, 0.2) is 0 Å². The van der Waals surface area contributed by atoms with Crippen LogP contribution in [-0.2, 0) is 4.79 Å². The van der Waals surface area contributed by atoms with Gasteiger partial charge in [0.2, 0.25) is 5.91 Å². The average molecular weight is 256 g/mol. The molecule has 1 saturated carbocycles. The van der Waals surface area contributed by atoms with Gasteiger partial charge in [-0.2, -0.15) is 0 Å². The summed E-state index contributed by atoms with van der Waals surface area (Å²) in [5.41, 5.74) is 5.65. The molecule has 1 atom stereocenters. The van der Waals surface area contributed by atoms with Gasteiger partial charge in [-0.1, -0.05) is 51.7 Å². The van der Waals surface area contributed by atoms with Crippen molar-refractivity contribution in [2.45, 2.75) is 58.4 Å². The molecule has 1 fully saturated rings. The number of thiocarbonyl (C=S) groups is 1. The summed E-state index contributed by atoms with van der Waals surface area (Å²) in [6.07, 6.45) is 7.18. The summed E-state index contributed by atoms with van der Waals surface area (Å²) >= 11 is 4.98. The van der Waals surface area contributed by atoms with Crippen LogP contribution in [0.25, 0.3) is 0 Å². The van der Waals surface area contributed by atoms with Crippen molar-refractivity contribution in [1.82, 2.24) is 5.32 Å². The fourth-order valence-electron chi connectivity index (χ4n) is 2.48.